The maximum Gasteiger partial charge on any atom is 0.0588 e. The van der Waals surface area contributed by atoms with Crippen molar-refractivity contribution < 1.29 is 4.74 Å². The molecule has 0 saturated carbocycles. The smallest absolute Gasteiger partial charge is 0.0588 e. The molecule has 1 aliphatic heterocycles. The Balaban J connectivity index is 1.67. The van der Waals surface area contributed by atoms with E-state index < -0.39 is 0 Å². The van der Waals surface area contributed by atoms with E-state index >= 15 is 0 Å². The third-order valence-corrected chi connectivity index (χ3v) is 4.49. The summed E-state index contributed by atoms with van der Waals surface area (Å²) in [6.45, 7) is 6.37. The second kappa shape index (κ2) is 5.94. The summed E-state index contributed by atoms with van der Waals surface area (Å²) < 4.78 is 5.62. The molecule has 0 bridgehead atoms. The van der Waals surface area contributed by atoms with Crippen LogP contribution in [0, 0.1) is 5.92 Å². The second-order valence-corrected chi connectivity index (χ2v) is 5.86. The van der Waals surface area contributed by atoms with E-state index in [1.807, 2.05) is 0 Å². The molecule has 1 fully saturated rings. The summed E-state index contributed by atoms with van der Waals surface area (Å²) in [5.41, 5.74) is 1.36. The average Bonchev–Trinajstić information content (AvgIpc) is 2.89. The second-order valence-electron chi connectivity index (χ2n) is 5.86. The van der Waals surface area contributed by atoms with Gasteiger partial charge in [0.15, 0.2) is 0 Å². The minimum absolute atomic E-state index is 0.382. The molecule has 1 saturated heterocycles. The number of benzene rings is 2. The molecule has 1 heterocycles. The van der Waals surface area contributed by atoms with Crippen LogP contribution < -0.4 is 5.32 Å². The van der Waals surface area contributed by atoms with Gasteiger partial charge >= 0.3 is 0 Å². The highest BCUT2D eigenvalue weighted by atomic mass is 16.5. The van der Waals surface area contributed by atoms with Crippen LogP contribution in [0.2, 0.25) is 0 Å². The molecular formula is C18H23NO. The Morgan fingerprint density at radius 2 is 2.00 bits per heavy atom. The first-order valence-corrected chi connectivity index (χ1v) is 7.58. The zero-order valence-electron chi connectivity index (χ0n) is 12.3. The standard InChI is InChI=1S/C18H23NO/c1-13(19-12-18-9-10-20-14(18)2)16-8-7-15-5-3-4-6-17(15)11-16/h3-8,11,13-14,18-19H,9-10,12H2,1-2H3. The van der Waals surface area contributed by atoms with Crippen LogP contribution in [0.4, 0.5) is 0 Å². The third kappa shape index (κ3) is 2.87. The van der Waals surface area contributed by atoms with E-state index in [4.69, 9.17) is 4.74 Å². The number of hydrogen-bond acceptors (Lipinski definition) is 2. The van der Waals surface area contributed by atoms with Crippen LogP contribution in [0.25, 0.3) is 10.8 Å². The fraction of sp³-hybridized carbons (Fsp3) is 0.444. The Bertz CT molecular complexity index is 580. The lowest BCUT2D eigenvalue weighted by molar-refractivity contribution is 0.105. The van der Waals surface area contributed by atoms with Crippen LogP contribution in [0.15, 0.2) is 42.5 Å². The lowest BCUT2D eigenvalue weighted by atomic mass is 10.00. The molecule has 3 rings (SSSR count). The molecule has 2 nitrogen and oxygen atoms in total. The molecule has 2 aromatic rings. The minimum Gasteiger partial charge on any atom is -0.378 e. The minimum atomic E-state index is 0.382. The third-order valence-electron chi connectivity index (χ3n) is 4.49. The van der Waals surface area contributed by atoms with Gasteiger partial charge in [0.25, 0.3) is 0 Å². The van der Waals surface area contributed by atoms with E-state index in [0.29, 0.717) is 18.1 Å². The average molecular weight is 269 g/mol. The summed E-state index contributed by atoms with van der Waals surface area (Å²) >= 11 is 0. The van der Waals surface area contributed by atoms with Gasteiger partial charge in [-0.15, -0.1) is 0 Å². The van der Waals surface area contributed by atoms with E-state index in [1.54, 1.807) is 0 Å². The Kier molecular flexibility index (Phi) is 4.04. The first-order valence-electron chi connectivity index (χ1n) is 7.58. The van der Waals surface area contributed by atoms with Crippen molar-refractivity contribution in [2.24, 2.45) is 5.92 Å². The fourth-order valence-corrected chi connectivity index (χ4v) is 2.97. The maximum absolute atomic E-state index is 5.62. The molecule has 0 amide bonds. The van der Waals surface area contributed by atoms with Gasteiger partial charge in [-0.3, -0.25) is 0 Å². The van der Waals surface area contributed by atoms with E-state index in [-0.39, 0.29) is 0 Å². The van der Waals surface area contributed by atoms with E-state index in [9.17, 15) is 0 Å². The quantitative estimate of drug-likeness (QED) is 0.908. The largest absolute Gasteiger partial charge is 0.378 e. The van der Waals surface area contributed by atoms with Crippen molar-refractivity contribution >= 4 is 10.8 Å². The Morgan fingerprint density at radius 3 is 2.75 bits per heavy atom. The predicted octanol–water partition coefficient (Wildman–Crippen LogP) is 3.92. The van der Waals surface area contributed by atoms with Gasteiger partial charge in [-0.25, -0.2) is 0 Å². The van der Waals surface area contributed by atoms with Crippen LogP contribution in [-0.2, 0) is 4.74 Å². The van der Waals surface area contributed by atoms with Crippen molar-refractivity contribution in [2.75, 3.05) is 13.2 Å². The molecule has 3 unspecified atom stereocenters. The van der Waals surface area contributed by atoms with Gasteiger partial charge in [0.1, 0.15) is 0 Å². The summed E-state index contributed by atoms with van der Waals surface area (Å²) in [5, 5.41) is 6.28. The summed E-state index contributed by atoms with van der Waals surface area (Å²) in [4.78, 5) is 0. The molecule has 0 aliphatic carbocycles. The molecule has 2 heteroatoms. The van der Waals surface area contributed by atoms with Gasteiger partial charge in [-0.2, -0.15) is 0 Å². The van der Waals surface area contributed by atoms with Gasteiger partial charge in [0, 0.05) is 19.2 Å². The molecule has 1 aliphatic rings. The van der Waals surface area contributed by atoms with Crippen LogP contribution in [0.5, 0.6) is 0 Å². The van der Waals surface area contributed by atoms with E-state index in [1.165, 1.54) is 22.8 Å². The fourth-order valence-electron chi connectivity index (χ4n) is 2.97. The van der Waals surface area contributed by atoms with Gasteiger partial charge in [-0.05, 0) is 48.6 Å². The van der Waals surface area contributed by atoms with Crippen molar-refractivity contribution in [3.8, 4) is 0 Å². The summed E-state index contributed by atoms with van der Waals surface area (Å²) in [5.74, 6) is 0.651. The van der Waals surface area contributed by atoms with Crippen molar-refractivity contribution in [3.63, 3.8) is 0 Å². The van der Waals surface area contributed by atoms with Crippen molar-refractivity contribution in [2.45, 2.75) is 32.4 Å². The van der Waals surface area contributed by atoms with Crippen LogP contribution >= 0.6 is 0 Å². The molecule has 0 aromatic heterocycles. The van der Waals surface area contributed by atoms with Crippen molar-refractivity contribution in [1.29, 1.82) is 0 Å². The number of ether oxygens (including phenoxy) is 1. The highest BCUT2D eigenvalue weighted by Crippen LogP contribution is 2.23. The molecule has 20 heavy (non-hydrogen) atoms. The van der Waals surface area contributed by atoms with Crippen LogP contribution in [0.1, 0.15) is 31.9 Å². The highest BCUT2D eigenvalue weighted by Gasteiger charge is 2.24. The topological polar surface area (TPSA) is 21.3 Å². The maximum atomic E-state index is 5.62. The van der Waals surface area contributed by atoms with Gasteiger partial charge in [-0.1, -0.05) is 36.4 Å². The van der Waals surface area contributed by atoms with E-state index in [2.05, 4.69) is 61.6 Å². The first kappa shape index (κ1) is 13.6. The number of rotatable bonds is 4. The van der Waals surface area contributed by atoms with Gasteiger partial charge in [0.05, 0.1) is 6.10 Å². The Morgan fingerprint density at radius 1 is 1.20 bits per heavy atom. The zero-order valence-corrected chi connectivity index (χ0v) is 12.3. The van der Waals surface area contributed by atoms with Crippen LogP contribution in [-0.4, -0.2) is 19.3 Å². The predicted molar refractivity (Wildman–Crippen MR) is 83.9 cm³/mol. The molecule has 2 aromatic carbocycles. The summed E-state index contributed by atoms with van der Waals surface area (Å²) in [6.07, 6.45) is 1.57. The SMILES string of the molecule is CC(NCC1CCOC1C)c1ccc2ccccc2c1. The highest BCUT2D eigenvalue weighted by molar-refractivity contribution is 5.83. The molecule has 0 radical (unpaired) electrons. The zero-order chi connectivity index (χ0) is 13.9. The summed E-state index contributed by atoms with van der Waals surface area (Å²) in [6, 6.07) is 15.6. The van der Waals surface area contributed by atoms with Crippen molar-refractivity contribution in [1.82, 2.24) is 5.32 Å². The first-order chi connectivity index (χ1) is 9.74. The number of hydrogen-bond donors (Lipinski definition) is 1. The lowest BCUT2D eigenvalue weighted by Crippen LogP contribution is -2.29. The van der Waals surface area contributed by atoms with Crippen LogP contribution in [0.3, 0.4) is 0 Å². The Hall–Kier alpha value is -1.38. The van der Waals surface area contributed by atoms with E-state index in [0.717, 1.165) is 13.2 Å². The molecular weight excluding hydrogens is 246 g/mol. The normalized spacial score (nSPS) is 24.1. The van der Waals surface area contributed by atoms with Gasteiger partial charge in [0.2, 0.25) is 0 Å². The lowest BCUT2D eigenvalue weighted by Gasteiger charge is -2.20. The van der Waals surface area contributed by atoms with Gasteiger partial charge < -0.3 is 10.1 Å². The molecule has 3 atom stereocenters. The molecule has 1 N–H and O–H groups in total. The number of nitrogens with one attached hydrogen (secondary N) is 1. The molecule has 0 spiro atoms. The molecule has 106 valence electrons. The Labute approximate surface area is 121 Å². The summed E-state index contributed by atoms with van der Waals surface area (Å²) in [7, 11) is 0. The monoisotopic (exact) mass is 269 g/mol. The number of fused-ring (bicyclic) bond motifs is 1. The van der Waals surface area contributed by atoms with Crippen molar-refractivity contribution in [3.05, 3.63) is 48.0 Å².